The fourth-order valence-electron chi connectivity index (χ4n) is 4.08. The molecular formula is C29H32BrCl2N3O4S. The van der Waals surface area contributed by atoms with Gasteiger partial charge in [-0.15, -0.1) is 0 Å². The predicted molar refractivity (Wildman–Crippen MR) is 164 cm³/mol. The molecule has 0 aliphatic rings. The summed E-state index contributed by atoms with van der Waals surface area (Å²) in [5.74, 6) is -0.957. The van der Waals surface area contributed by atoms with Crippen molar-refractivity contribution in [1.82, 2.24) is 10.2 Å². The molecule has 0 saturated carbocycles. The van der Waals surface area contributed by atoms with E-state index in [-0.39, 0.29) is 23.8 Å². The summed E-state index contributed by atoms with van der Waals surface area (Å²) in [5, 5.41) is 3.60. The van der Waals surface area contributed by atoms with E-state index >= 15 is 0 Å². The highest BCUT2D eigenvalue weighted by Gasteiger charge is 2.35. The molecule has 0 heterocycles. The number of amides is 2. The minimum Gasteiger partial charge on any atom is -0.350 e. The van der Waals surface area contributed by atoms with Crippen molar-refractivity contribution in [3.05, 3.63) is 92.9 Å². The van der Waals surface area contributed by atoms with Gasteiger partial charge in [-0.25, -0.2) is 8.42 Å². The molecular weight excluding hydrogens is 637 g/mol. The van der Waals surface area contributed by atoms with Crippen LogP contribution < -0.4 is 9.62 Å². The van der Waals surface area contributed by atoms with Gasteiger partial charge in [-0.3, -0.25) is 13.9 Å². The molecule has 214 valence electrons. The van der Waals surface area contributed by atoms with E-state index in [0.29, 0.717) is 21.3 Å². The van der Waals surface area contributed by atoms with E-state index in [1.54, 1.807) is 67.6 Å². The maximum atomic E-state index is 14.1. The Hall–Kier alpha value is -2.59. The van der Waals surface area contributed by atoms with E-state index in [2.05, 4.69) is 21.2 Å². The van der Waals surface area contributed by atoms with E-state index in [0.717, 1.165) is 8.78 Å². The maximum absolute atomic E-state index is 14.1. The molecule has 11 heteroatoms. The molecule has 0 aliphatic heterocycles. The Kier molecular flexibility index (Phi) is 10.7. The molecule has 2 amide bonds. The summed E-state index contributed by atoms with van der Waals surface area (Å²) in [7, 11) is -4.15. The van der Waals surface area contributed by atoms with Crippen LogP contribution in [0.4, 0.5) is 5.69 Å². The van der Waals surface area contributed by atoms with Crippen molar-refractivity contribution >= 4 is 66.7 Å². The summed E-state index contributed by atoms with van der Waals surface area (Å²) >= 11 is 16.3. The summed E-state index contributed by atoms with van der Waals surface area (Å²) < 4.78 is 29.4. The first-order chi connectivity index (χ1) is 18.7. The van der Waals surface area contributed by atoms with Gasteiger partial charge in [-0.2, -0.15) is 0 Å². The van der Waals surface area contributed by atoms with Gasteiger partial charge in [0, 0.05) is 32.2 Å². The highest BCUT2D eigenvalue weighted by Crippen LogP contribution is 2.29. The highest BCUT2D eigenvalue weighted by atomic mass is 79.9. The van der Waals surface area contributed by atoms with Crippen LogP contribution in [-0.4, -0.2) is 43.3 Å². The molecule has 0 spiro atoms. The Bertz CT molecular complexity index is 1430. The molecule has 0 unspecified atom stereocenters. The number of benzene rings is 3. The standard InChI is InChI=1S/C29H32BrCl2N3O4S/c1-5-26(28(37)33-29(2,3)4)34(18-23-24(31)12-9-13-25(23)32)27(36)19-35(21-16-14-20(30)15-17-21)40(38,39)22-10-7-6-8-11-22/h6-17,26H,5,18-19H2,1-4H3,(H,33,37)/t26-/m0/s1. The lowest BCUT2D eigenvalue weighted by atomic mass is 10.1. The van der Waals surface area contributed by atoms with Crippen molar-refractivity contribution in [2.75, 3.05) is 10.8 Å². The van der Waals surface area contributed by atoms with Crippen molar-refractivity contribution in [1.29, 1.82) is 0 Å². The molecule has 1 atom stereocenters. The van der Waals surface area contributed by atoms with Crippen LogP contribution >= 0.6 is 39.1 Å². The third-order valence-corrected chi connectivity index (χ3v) is 9.02. The number of carbonyl (C=O) groups excluding carboxylic acids is 2. The van der Waals surface area contributed by atoms with E-state index in [1.807, 2.05) is 20.8 Å². The maximum Gasteiger partial charge on any atom is 0.264 e. The molecule has 0 fully saturated rings. The molecule has 0 aromatic heterocycles. The number of halogens is 3. The Morgan fingerprint density at radius 2 is 1.50 bits per heavy atom. The fourth-order valence-corrected chi connectivity index (χ4v) is 6.30. The van der Waals surface area contributed by atoms with E-state index in [1.165, 1.54) is 17.0 Å². The molecule has 0 saturated heterocycles. The number of hydrogen-bond acceptors (Lipinski definition) is 4. The van der Waals surface area contributed by atoms with Crippen LogP contribution in [0.1, 0.15) is 39.7 Å². The van der Waals surface area contributed by atoms with Gasteiger partial charge in [0.2, 0.25) is 11.8 Å². The zero-order valence-corrected chi connectivity index (χ0v) is 26.6. The average molecular weight is 669 g/mol. The van der Waals surface area contributed by atoms with E-state index in [4.69, 9.17) is 23.2 Å². The molecule has 0 aliphatic carbocycles. The third kappa shape index (κ3) is 8.00. The van der Waals surface area contributed by atoms with Gasteiger partial charge >= 0.3 is 0 Å². The van der Waals surface area contributed by atoms with Gasteiger partial charge in [0.15, 0.2) is 0 Å². The van der Waals surface area contributed by atoms with Crippen molar-refractivity contribution in [2.24, 2.45) is 0 Å². The monoisotopic (exact) mass is 667 g/mol. The summed E-state index contributed by atoms with van der Waals surface area (Å²) in [6.07, 6.45) is 0.277. The van der Waals surface area contributed by atoms with Crippen molar-refractivity contribution in [3.8, 4) is 0 Å². The number of nitrogens with one attached hydrogen (secondary N) is 1. The topological polar surface area (TPSA) is 86.8 Å². The molecule has 0 bridgehead atoms. The number of nitrogens with zero attached hydrogens (tertiary/aromatic N) is 2. The van der Waals surface area contributed by atoms with Gasteiger partial charge in [-0.1, -0.05) is 70.3 Å². The summed E-state index contributed by atoms with van der Waals surface area (Å²) in [4.78, 5) is 28.9. The van der Waals surface area contributed by atoms with Crippen LogP contribution in [0.25, 0.3) is 0 Å². The number of rotatable bonds is 10. The smallest absolute Gasteiger partial charge is 0.264 e. The lowest BCUT2D eigenvalue weighted by Gasteiger charge is -2.35. The summed E-state index contributed by atoms with van der Waals surface area (Å²) in [5.41, 5.74) is 0.201. The van der Waals surface area contributed by atoms with Crippen LogP contribution in [-0.2, 0) is 26.2 Å². The zero-order chi connectivity index (χ0) is 29.7. The van der Waals surface area contributed by atoms with Gasteiger partial charge in [0.05, 0.1) is 10.6 Å². The second-order valence-corrected chi connectivity index (χ2v) is 13.8. The first-order valence-electron chi connectivity index (χ1n) is 12.6. The van der Waals surface area contributed by atoms with Crippen LogP contribution in [0.3, 0.4) is 0 Å². The lowest BCUT2D eigenvalue weighted by Crippen LogP contribution is -2.55. The van der Waals surface area contributed by atoms with Gasteiger partial charge < -0.3 is 10.2 Å². The van der Waals surface area contributed by atoms with Crippen LogP contribution in [0.2, 0.25) is 10.0 Å². The first-order valence-corrected chi connectivity index (χ1v) is 15.6. The van der Waals surface area contributed by atoms with E-state index < -0.39 is 34.1 Å². The lowest BCUT2D eigenvalue weighted by molar-refractivity contribution is -0.141. The Balaban J connectivity index is 2.10. The molecule has 3 aromatic carbocycles. The first kappa shape index (κ1) is 31.9. The minimum atomic E-state index is -4.15. The van der Waals surface area contributed by atoms with Crippen molar-refractivity contribution in [2.45, 2.75) is 57.1 Å². The SMILES string of the molecule is CC[C@@H](C(=O)NC(C)(C)C)N(Cc1c(Cl)cccc1Cl)C(=O)CN(c1ccc(Br)cc1)S(=O)(=O)c1ccccc1. The summed E-state index contributed by atoms with van der Waals surface area (Å²) in [6.45, 7) is 6.67. The second kappa shape index (κ2) is 13.4. The molecule has 40 heavy (non-hydrogen) atoms. The Morgan fingerprint density at radius 3 is 2.02 bits per heavy atom. The zero-order valence-electron chi connectivity index (χ0n) is 22.7. The Labute approximate surface area is 254 Å². The van der Waals surface area contributed by atoms with Gasteiger partial charge in [0.1, 0.15) is 12.6 Å². The van der Waals surface area contributed by atoms with Crippen molar-refractivity contribution < 1.29 is 18.0 Å². The quantitative estimate of drug-likeness (QED) is 0.261. The molecule has 3 rings (SSSR count). The third-order valence-electron chi connectivity index (χ3n) is 6.00. The Morgan fingerprint density at radius 1 is 0.925 bits per heavy atom. The van der Waals surface area contributed by atoms with Crippen LogP contribution in [0, 0.1) is 0 Å². The molecule has 0 radical (unpaired) electrons. The van der Waals surface area contributed by atoms with Crippen molar-refractivity contribution in [3.63, 3.8) is 0 Å². The van der Waals surface area contributed by atoms with E-state index in [9.17, 15) is 18.0 Å². The number of hydrogen-bond donors (Lipinski definition) is 1. The second-order valence-electron chi connectivity index (χ2n) is 10.2. The number of sulfonamides is 1. The van der Waals surface area contributed by atoms with Gasteiger partial charge in [0.25, 0.3) is 10.0 Å². The number of carbonyl (C=O) groups is 2. The van der Waals surface area contributed by atoms with Crippen LogP contribution in [0.5, 0.6) is 0 Å². The van der Waals surface area contributed by atoms with Gasteiger partial charge in [-0.05, 0) is 75.7 Å². The average Bonchev–Trinajstić information content (AvgIpc) is 2.88. The minimum absolute atomic E-state index is 0.0314. The predicted octanol–water partition coefficient (Wildman–Crippen LogP) is 6.67. The number of anilines is 1. The van der Waals surface area contributed by atoms with Crippen LogP contribution in [0.15, 0.2) is 82.2 Å². The normalized spacial score (nSPS) is 12.5. The highest BCUT2D eigenvalue weighted by molar-refractivity contribution is 9.10. The fraction of sp³-hybridized carbons (Fsp3) is 0.310. The molecule has 1 N–H and O–H groups in total. The molecule has 7 nitrogen and oxygen atoms in total. The largest absolute Gasteiger partial charge is 0.350 e. The molecule has 3 aromatic rings. The summed E-state index contributed by atoms with van der Waals surface area (Å²) in [6, 6.07) is 18.6.